The molecule has 0 aromatic heterocycles. The van der Waals surface area contributed by atoms with E-state index in [4.69, 9.17) is 37.0 Å². The summed E-state index contributed by atoms with van der Waals surface area (Å²) < 4.78 is 68.0. The highest BCUT2D eigenvalue weighted by Gasteiger charge is 2.30. The summed E-state index contributed by atoms with van der Waals surface area (Å²) in [6, 6.07) is 0. The van der Waals surface area contributed by atoms with Gasteiger partial charge in [0.15, 0.2) is 12.2 Å². The van der Waals surface area contributed by atoms with Gasteiger partial charge in [0.05, 0.1) is 26.4 Å². The van der Waals surface area contributed by atoms with E-state index in [9.17, 15) is 43.2 Å². The molecule has 0 amide bonds. The first kappa shape index (κ1) is 82.1. The largest absolute Gasteiger partial charge is 0.472 e. The summed E-state index contributed by atoms with van der Waals surface area (Å²) in [7, 11) is -9.89. The van der Waals surface area contributed by atoms with E-state index in [-0.39, 0.29) is 25.7 Å². The molecule has 0 aliphatic rings. The second-order valence-corrected chi connectivity index (χ2v) is 27.8. The number of phosphoric acid groups is 2. The first-order valence-corrected chi connectivity index (χ1v) is 36.8. The zero-order chi connectivity index (χ0) is 62.5. The van der Waals surface area contributed by atoms with Gasteiger partial charge in [0.25, 0.3) is 0 Å². The number of rotatable bonds is 62. The van der Waals surface area contributed by atoms with Crippen LogP contribution < -0.4 is 0 Å². The summed E-state index contributed by atoms with van der Waals surface area (Å²) >= 11 is 0. The van der Waals surface area contributed by atoms with Crippen LogP contribution in [0.3, 0.4) is 0 Å². The monoisotopic (exact) mass is 1240 g/mol. The fourth-order valence-electron chi connectivity index (χ4n) is 9.54. The molecule has 7 atom stereocenters. The van der Waals surface area contributed by atoms with E-state index in [1.165, 1.54) is 103 Å². The van der Waals surface area contributed by atoms with E-state index in [0.29, 0.717) is 37.5 Å². The molecule has 0 bridgehead atoms. The van der Waals surface area contributed by atoms with Crippen molar-refractivity contribution >= 4 is 39.5 Å². The minimum Gasteiger partial charge on any atom is -0.462 e. The molecule has 0 fully saturated rings. The Hall–Kier alpha value is -1.94. The topological polar surface area (TPSA) is 237 Å². The molecule has 4 unspecified atom stereocenters. The molecular weight excluding hydrogens is 1110 g/mol. The number of unbranched alkanes of at least 4 members (excludes halogenated alkanes) is 26. The summed E-state index contributed by atoms with van der Waals surface area (Å²) in [6.07, 6.45) is 35.0. The average Bonchev–Trinajstić information content (AvgIpc) is 3.45. The van der Waals surface area contributed by atoms with E-state index >= 15 is 0 Å². The second kappa shape index (κ2) is 55.2. The number of aliphatic hydroxyl groups is 1. The average molecular weight is 1240 g/mol. The van der Waals surface area contributed by atoms with Gasteiger partial charge in [0.2, 0.25) is 0 Å². The molecule has 0 spiro atoms. The molecule has 19 heteroatoms. The van der Waals surface area contributed by atoms with E-state index < -0.39 is 97.5 Å². The van der Waals surface area contributed by atoms with Crippen LogP contribution in [0.25, 0.3) is 0 Å². The standard InChI is InChI=1S/C65H126O17P2/c1-9-57(7)43-35-27-17-13-11-12-14-19-31-39-47-64(69)81-60(51-75-62(67)45-37-29-23-21-25-33-41-55(3)4)53-79-83(71,72)77-49-59(66)50-78-84(73,74)80-54-61(52-76-63(68)46-38-30-24-22-26-34-42-56(5)6)82-65(70)48-40-32-20-16-15-18-28-36-44-58(8)10-2/h55-61,66H,9-54H2,1-8H3,(H,71,72)(H,73,74)/t57?,58?,59-,60-,61-/m1/s1. The van der Waals surface area contributed by atoms with E-state index in [1.807, 2.05) is 0 Å². The summed E-state index contributed by atoms with van der Waals surface area (Å²) in [5.74, 6) is 0.790. The van der Waals surface area contributed by atoms with Gasteiger partial charge in [0.1, 0.15) is 19.3 Å². The molecule has 84 heavy (non-hydrogen) atoms. The highest BCUT2D eigenvalue weighted by Crippen LogP contribution is 2.45. The van der Waals surface area contributed by atoms with Crippen LogP contribution in [-0.2, 0) is 65.4 Å². The van der Waals surface area contributed by atoms with Crippen molar-refractivity contribution in [1.29, 1.82) is 0 Å². The molecule has 17 nitrogen and oxygen atoms in total. The Kier molecular flexibility index (Phi) is 53.9. The molecule has 0 heterocycles. The molecule has 0 radical (unpaired) electrons. The summed E-state index contributed by atoms with van der Waals surface area (Å²) in [5.41, 5.74) is 0. The van der Waals surface area contributed by atoms with E-state index in [2.05, 4.69) is 55.4 Å². The van der Waals surface area contributed by atoms with Crippen molar-refractivity contribution in [2.75, 3.05) is 39.6 Å². The third-order valence-electron chi connectivity index (χ3n) is 15.5. The number of ether oxygens (including phenoxy) is 4. The summed E-state index contributed by atoms with van der Waals surface area (Å²) in [6.45, 7) is 14.0. The van der Waals surface area contributed by atoms with Crippen LogP contribution in [0.4, 0.5) is 0 Å². The van der Waals surface area contributed by atoms with Gasteiger partial charge >= 0.3 is 39.5 Å². The normalized spacial score (nSPS) is 15.1. The zero-order valence-corrected chi connectivity index (χ0v) is 56.3. The van der Waals surface area contributed by atoms with Gasteiger partial charge in [0, 0.05) is 25.7 Å². The predicted molar refractivity (Wildman–Crippen MR) is 335 cm³/mol. The Morgan fingerprint density at radius 2 is 0.571 bits per heavy atom. The van der Waals surface area contributed by atoms with Crippen LogP contribution in [0, 0.1) is 23.7 Å². The number of esters is 4. The van der Waals surface area contributed by atoms with Gasteiger partial charge in [-0.05, 0) is 49.4 Å². The quantitative estimate of drug-likeness (QED) is 0.0222. The lowest BCUT2D eigenvalue weighted by Gasteiger charge is -2.21. The Morgan fingerprint density at radius 3 is 0.845 bits per heavy atom. The lowest BCUT2D eigenvalue weighted by atomic mass is 9.99. The minimum absolute atomic E-state index is 0.103. The number of hydrogen-bond donors (Lipinski definition) is 3. The van der Waals surface area contributed by atoms with Crippen LogP contribution in [-0.4, -0.2) is 96.7 Å². The van der Waals surface area contributed by atoms with Crippen LogP contribution in [0.1, 0.15) is 312 Å². The third-order valence-corrected chi connectivity index (χ3v) is 17.4. The molecule has 0 aromatic carbocycles. The summed E-state index contributed by atoms with van der Waals surface area (Å²) in [5, 5.41) is 10.5. The first-order valence-electron chi connectivity index (χ1n) is 33.8. The van der Waals surface area contributed by atoms with Gasteiger partial charge in [-0.15, -0.1) is 0 Å². The molecule has 0 saturated carbocycles. The van der Waals surface area contributed by atoms with E-state index in [1.54, 1.807) is 0 Å². The van der Waals surface area contributed by atoms with Crippen LogP contribution in [0.2, 0.25) is 0 Å². The predicted octanol–water partition coefficient (Wildman–Crippen LogP) is 17.8. The lowest BCUT2D eigenvalue weighted by Crippen LogP contribution is -2.30. The molecule has 0 aliphatic heterocycles. The number of aliphatic hydroxyl groups excluding tert-OH is 1. The zero-order valence-electron chi connectivity index (χ0n) is 54.5. The van der Waals surface area contributed by atoms with Crippen LogP contribution in [0.15, 0.2) is 0 Å². The van der Waals surface area contributed by atoms with Crippen molar-refractivity contribution in [3.8, 4) is 0 Å². The number of carbonyl (C=O) groups is 4. The Morgan fingerprint density at radius 1 is 0.333 bits per heavy atom. The molecule has 0 saturated heterocycles. The smallest absolute Gasteiger partial charge is 0.462 e. The molecule has 0 aliphatic carbocycles. The molecular formula is C65H126O17P2. The summed E-state index contributed by atoms with van der Waals surface area (Å²) in [4.78, 5) is 72.2. The van der Waals surface area contributed by atoms with Crippen LogP contribution in [0.5, 0.6) is 0 Å². The second-order valence-electron chi connectivity index (χ2n) is 24.9. The van der Waals surface area contributed by atoms with Gasteiger partial charge in [-0.25, -0.2) is 9.13 Å². The Balaban J connectivity index is 5.25. The van der Waals surface area contributed by atoms with Crippen molar-refractivity contribution in [3.63, 3.8) is 0 Å². The number of phosphoric ester groups is 2. The first-order chi connectivity index (χ1) is 40.2. The maximum Gasteiger partial charge on any atom is 0.472 e. The highest BCUT2D eigenvalue weighted by atomic mass is 31.2. The van der Waals surface area contributed by atoms with Crippen LogP contribution >= 0.6 is 15.6 Å². The van der Waals surface area contributed by atoms with Gasteiger partial charge in [-0.1, -0.05) is 261 Å². The van der Waals surface area contributed by atoms with Crippen molar-refractivity contribution in [1.82, 2.24) is 0 Å². The number of carbonyl (C=O) groups excluding carboxylic acids is 4. The van der Waals surface area contributed by atoms with Crippen molar-refractivity contribution in [2.24, 2.45) is 23.7 Å². The van der Waals surface area contributed by atoms with E-state index in [0.717, 1.165) is 115 Å². The van der Waals surface area contributed by atoms with Gasteiger partial charge < -0.3 is 33.8 Å². The molecule has 0 aromatic rings. The Labute approximate surface area is 511 Å². The van der Waals surface area contributed by atoms with Gasteiger partial charge in [-0.3, -0.25) is 37.3 Å². The minimum atomic E-state index is -4.95. The highest BCUT2D eigenvalue weighted by molar-refractivity contribution is 7.47. The van der Waals surface area contributed by atoms with Crippen molar-refractivity contribution in [2.45, 2.75) is 331 Å². The SMILES string of the molecule is CCC(C)CCCCCCCCCCCCC(=O)O[C@H](COC(=O)CCCCCCCCC(C)C)COP(=O)(O)OC[C@@H](O)COP(=O)(O)OC[C@@H](COC(=O)CCCCCCCCC(C)C)OC(=O)CCCCCCCCCCC(C)CC. The van der Waals surface area contributed by atoms with Crippen molar-refractivity contribution in [3.05, 3.63) is 0 Å². The fourth-order valence-corrected chi connectivity index (χ4v) is 11.1. The van der Waals surface area contributed by atoms with Crippen molar-refractivity contribution < 1.29 is 80.2 Å². The maximum atomic E-state index is 13.0. The Bertz CT molecular complexity index is 1680. The van der Waals surface area contributed by atoms with Gasteiger partial charge in [-0.2, -0.15) is 0 Å². The fraction of sp³-hybridized carbons (Fsp3) is 0.938. The maximum absolute atomic E-state index is 13.0. The third kappa shape index (κ3) is 56.6. The molecule has 498 valence electrons. The number of hydrogen-bond acceptors (Lipinski definition) is 15. The molecule has 3 N–H and O–H groups in total. The molecule has 0 rings (SSSR count). The lowest BCUT2D eigenvalue weighted by molar-refractivity contribution is -0.161.